The number of ether oxygens (including phenoxy) is 1. The number of carbonyl (C=O) groups is 2. The summed E-state index contributed by atoms with van der Waals surface area (Å²) in [6.07, 6.45) is 88.1. The van der Waals surface area contributed by atoms with Crippen LogP contribution in [0, 0.1) is 0 Å². The Labute approximate surface area is 525 Å². The number of likely N-dealkylation sites (N-methyl/N-ethyl adjacent to an activating group) is 1. The molecule has 85 heavy (non-hydrogen) atoms. The second kappa shape index (κ2) is 63.7. The van der Waals surface area contributed by atoms with E-state index in [0.717, 1.165) is 122 Å². The molecule has 3 atom stereocenters. The summed E-state index contributed by atoms with van der Waals surface area (Å²) in [6, 6.07) is -0.867. The Hall–Kier alpha value is -3.33. The normalized spacial score (nSPS) is 14.2. The molecule has 0 aliphatic heterocycles. The number of esters is 1. The number of phosphoric ester groups is 1. The lowest BCUT2D eigenvalue weighted by molar-refractivity contribution is -0.870. The highest BCUT2D eigenvalue weighted by molar-refractivity contribution is 7.47. The van der Waals surface area contributed by atoms with Crippen LogP contribution in [0.2, 0.25) is 0 Å². The molecule has 2 N–H and O–H groups in total. The minimum Gasteiger partial charge on any atom is -0.456 e. The van der Waals surface area contributed by atoms with Gasteiger partial charge in [0.15, 0.2) is 0 Å². The van der Waals surface area contributed by atoms with E-state index in [-0.39, 0.29) is 31.5 Å². The van der Waals surface area contributed by atoms with Gasteiger partial charge in [-0.05, 0) is 115 Å². The minimum absolute atomic E-state index is 0.0312. The van der Waals surface area contributed by atoms with Crippen molar-refractivity contribution in [2.45, 2.75) is 315 Å². The summed E-state index contributed by atoms with van der Waals surface area (Å²) in [5.41, 5.74) is 0. The molecule has 490 valence electrons. The number of nitrogens with one attached hydrogen (secondary N) is 1. The third kappa shape index (κ3) is 65.0. The molecule has 0 heterocycles. The Morgan fingerprint density at radius 1 is 0.424 bits per heavy atom. The molecule has 3 unspecified atom stereocenters. The highest BCUT2D eigenvalue weighted by Gasteiger charge is 2.30. The minimum atomic E-state index is -4.47. The quantitative estimate of drug-likeness (QED) is 0.0205. The zero-order valence-corrected chi connectivity index (χ0v) is 57.0. The van der Waals surface area contributed by atoms with Gasteiger partial charge in [0.05, 0.1) is 33.8 Å². The van der Waals surface area contributed by atoms with Crippen molar-refractivity contribution in [3.63, 3.8) is 0 Å². The van der Waals surface area contributed by atoms with Gasteiger partial charge >= 0.3 is 13.8 Å². The van der Waals surface area contributed by atoms with E-state index in [2.05, 4.69) is 123 Å². The number of quaternary nitrogens is 1. The lowest BCUT2D eigenvalue weighted by Gasteiger charge is -2.27. The first kappa shape index (κ1) is 81.7. The van der Waals surface area contributed by atoms with E-state index in [9.17, 15) is 19.0 Å². The number of nitrogens with zero attached hydrogens (tertiary/aromatic N) is 1. The molecule has 10 heteroatoms. The molecule has 0 aromatic carbocycles. The van der Waals surface area contributed by atoms with Crippen LogP contribution in [0.3, 0.4) is 0 Å². The van der Waals surface area contributed by atoms with Crippen LogP contribution in [0.15, 0.2) is 109 Å². The van der Waals surface area contributed by atoms with Gasteiger partial charge in [-0.1, -0.05) is 285 Å². The second-order valence-electron chi connectivity index (χ2n) is 24.7. The lowest BCUT2D eigenvalue weighted by Crippen LogP contribution is -2.47. The Morgan fingerprint density at radius 2 is 0.753 bits per heavy atom. The van der Waals surface area contributed by atoms with Crippen LogP contribution in [0.5, 0.6) is 0 Å². The molecule has 1 amide bonds. The Balaban J connectivity index is 5.16. The first-order valence-corrected chi connectivity index (χ1v) is 36.7. The van der Waals surface area contributed by atoms with Gasteiger partial charge in [0.25, 0.3) is 0 Å². The van der Waals surface area contributed by atoms with E-state index in [4.69, 9.17) is 13.8 Å². The molecular formula is C75H134N2O7P+. The Kier molecular flexibility index (Phi) is 61.2. The van der Waals surface area contributed by atoms with Crippen LogP contribution in [0.4, 0.5) is 0 Å². The third-order valence-electron chi connectivity index (χ3n) is 15.2. The van der Waals surface area contributed by atoms with Gasteiger partial charge in [0.2, 0.25) is 5.91 Å². The van der Waals surface area contributed by atoms with Crippen LogP contribution in [-0.2, 0) is 27.9 Å². The molecule has 0 bridgehead atoms. The summed E-state index contributed by atoms with van der Waals surface area (Å²) in [5.74, 6) is -0.528. The number of allylic oxidation sites excluding steroid dienone is 17. The van der Waals surface area contributed by atoms with E-state index in [1.54, 1.807) is 0 Å². The van der Waals surface area contributed by atoms with Crippen LogP contribution in [-0.4, -0.2) is 74.3 Å². The van der Waals surface area contributed by atoms with Gasteiger partial charge < -0.3 is 19.4 Å². The maximum atomic E-state index is 13.6. The molecule has 0 rings (SSSR count). The number of unbranched alkanes of at least 4 members (excludes halogenated alkanes) is 31. The van der Waals surface area contributed by atoms with Crippen molar-refractivity contribution in [3.8, 4) is 0 Å². The van der Waals surface area contributed by atoms with Crippen molar-refractivity contribution in [3.05, 3.63) is 109 Å². The van der Waals surface area contributed by atoms with E-state index in [1.165, 1.54) is 148 Å². The number of carbonyl (C=O) groups excluding carboxylic acids is 2. The maximum Gasteiger partial charge on any atom is 0.472 e. The van der Waals surface area contributed by atoms with Crippen LogP contribution in [0.1, 0.15) is 303 Å². The molecule has 0 aromatic heterocycles. The summed E-state index contributed by atoms with van der Waals surface area (Å²) in [7, 11) is 1.47. The molecule has 0 spiro atoms. The zero-order chi connectivity index (χ0) is 62.1. The topological polar surface area (TPSA) is 111 Å². The van der Waals surface area contributed by atoms with E-state index >= 15 is 0 Å². The molecule has 0 saturated carbocycles. The van der Waals surface area contributed by atoms with Crippen molar-refractivity contribution in [2.75, 3.05) is 40.9 Å². The number of rotatable bonds is 63. The van der Waals surface area contributed by atoms with E-state index < -0.39 is 20.0 Å². The van der Waals surface area contributed by atoms with E-state index in [1.807, 2.05) is 33.3 Å². The summed E-state index contributed by atoms with van der Waals surface area (Å²) < 4.78 is 30.8. The van der Waals surface area contributed by atoms with Gasteiger partial charge in [0.1, 0.15) is 19.3 Å². The highest BCUT2D eigenvalue weighted by atomic mass is 31.2. The molecule has 0 saturated heterocycles. The fourth-order valence-corrected chi connectivity index (χ4v) is 10.5. The average Bonchev–Trinajstić information content (AvgIpc) is 3.50. The smallest absolute Gasteiger partial charge is 0.456 e. The van der Waals surface area contributed by atoms with Gasteiger partial charge in [-0.15, -0.1) is 0 Å². The van der Waals surface area contributed by atoms with Gasteiger partial charge in [-0.25, -0.2) is 4.57 Å². The predicted molar refractivity (Wildman–Crippen MR) is 369 cm³/mol. The van der Waals surface area contributed by atoms with Crippen molar-refractivity contribution >= 4 is 19.7 Å². The van der Waals surface area contributed by atoms with Crippen molar-refractivity contribution in [2.24, 2.45) is 0 Å². The number of phosphoric acid groups is 1. The standard InChI is InChI=1S/C75H133N2O7P/c1-7-10-13-16-19-22-25-28-30-32-34-36-37-38-39-41-43-45-47-50-53-56-59-62-65-68-75(79)84-73(66-63-60-57-54-51-48-27-24-21-18-15-12-9-3)72(71-83-85(80,81)82-70-69-77(4,5)6)76-74(78)67-64-61-58-55-52-49-46-44-42-40-35-33-31-29-26-23-20-17-14-11-8-2/h11,14,19-20,22-23,28-31,34-36,40,44,46,63,66,72-73H,7-10,12-13,15-18,21,24-27,32-33,37-39,41-43,45,47-62,64-65,67-71H2,1-6H3,(H-,76,78,80,81)/p+1/b14-11-,22-19-,23-20-,30-28-,31-29-,36-34-,40-35-,46-44-,66-63+. The zero-order valence-electron chi connectivity index (χ0n) is 56.1. The van der Waals surface area contributed by atoms with Crippen molar-refractivity contribution < 1.29 is 37.3 Å². The molecule has 0 aliphatic carbocycles. The molecule has 0 aliphatic rings. The molecule has 0 fully saturated rings. The summed E-state index contributed by atoms with van der Waals surface area (Å²) in [4.78, 5) is 37.9. The molecule has 0 radical (unpaired) electrons. The second-order valence-corrected chi connectivity index (χ2v) is 26.1. The lowest BCUT2D eigenvalue weighted by atomic mass is 10.0. The molecule has 9 nitrogen and oxygen atoms in total. The average molecular weight is 1210 g/mol. The van der Waals surface area contributed by atoms with Crippen molar-refractivity contribution in [1.82, 2.24) is 5.32 Å². The van der Waals surface area contributed by atoms with Crippen LogP contribution < -0.4 is 5.32 Å². The largest absolute Gasteiger partial charge is 0.472 e. The van der Waals surface area contributed by atoms with Gasteiger partial charge in [0, 0.05) is 12.8 Å². The van der Waals surface area contributed by atoms with Gasteiger partial charge in [-0.3, -0.25) is 18.6 Å². The summed E-state index contributed by atoms with van der Waals surface area (Å²) >= 11 is 0. The van der Waals surface area contributed by atoms with E-state index in [0.29, 0.717) is 17.4 Å². The van der Waals surface area contributed by atoms with Crippen molar-refractivity contribution in [1.29, 1.82) is 0 Å². The summed E-state index contributed by atoms with van der Waals surface area (Å²) in [5, 5.41) is 3.06. The fraction of sp³-hybridized carbons (Fsp3) is 0.733. The molecule has 0 aromatic rings. The highest BCUT2D eigenvalue weighted by Crippen LogP contribution is 2.43. The number of hydrogen-bond donors (Lipinski definition) is 2. The predicted octanol–water partition coefficient (Wildman–Crippen LogP) is 22.5. The summed E-state index contributed by atoms with van der Waals surface area (Å²) in [6.45, 7) is 6.87. The SMILES string of the molecule is CC/C=C\C/C=C\C/C=C\C/C=C\C/C=C\CCCCCCCC(=O)NC(COP(=O)(O)OCC[N+](C)(C)C)C(/C=C/CCCCCCCCCCCCC)OC(=O)CCCCCCCCCCCCCC/C=C\C/C=C\C/C=C\CCCCC. The Morgan fingerprint density at radius 3 is 1.15 bits per heavy atom. The van der Waals surface area contributed by atoms with Crippen LogP contribution >= 0.6 is 7.82 Å². The Bertz CT molecular complexity index is 1820. The first-order valence-electron chi connectivity index (χ1n) is 35.2. The van der Waals surface area contributed by atoms with Crippen LogP contribution in [0.25, 0.3) is 0 Å². The monoisotopic (exact) mass is 1210 g/mol. The number of amides is 1. The van der Waals surface area contributed by atoms with Gasteiger partial charge in [-0.2, -0.15) is 0 Å². The first-order chi connectivity index (χ1) is 41.4. The number of hydrogen-bond acceptors (Lipinski definition) is 6. The fourth-order valence-electron chi connectivity index (χ4n) is 9.80. The molecular weight excluding hydrogens is 1070 g/mol. The maximum absolute atomic E-state index is 13.6. The third-order valence-corrected chi connectivity index (χ3v) is 16.2.